The number of guanidine groups is 1. The number of aliphatic imine (C=N–C) groups is 1. The minimum atomic E-state index is -0.191. The van der Waals surface area contributed by atoms with Gasteiger partial charge in [-0.05, 0) is 38.2 Å². The number of nitrogens with one attached hydrogen (secondary N) is 2. The summed E-state index contributed by atoms with van der Waals surface area (Å²) in [6.07, 6.45) is 4.49. The van der Waals surface area contributed by atoms with Gasteiger partial charge in [-0.3, -0.25) is 4.79 Å². The van der Waals surface area contributed by atoms with Gasteiger partial charge in [-0.15, -0.1) is 0 Å². The van der Waals surface area contributed by atoms with Crippen molar-refractivity contribution in [2.75, 3.05) is 31.1 Å². The lowest BCUT2D eigenvalue weighted by atomic mass is 9.96. The van der Waals surface area contributed by atoms with Crippen LogP contribution in [0, 0.1) is 11.8 Å². The van der Waals surface area contributed by atoms with E-state index in [0.717, 1.165) is 62.8 Å². The Balaban J connectivity index is 2.02. The van der Waals surface area contributed by atoms with Crippen LogP contribution in [0.2, 0.25) is 0 Å². The molecule has 0 aliphatic carbocycles. The van der Waals surface area contributed by atoms with E-state index in [1.165, 1.54) is 0 Å². The Morgan fingerprint density at radius 3 is 2.74 bits per heavy atom. The van der Waals surface area contributed by atoms with E-state index < -0.39 is 0 Å². The maximum Gasteiger partial charge on any atom is 0.220 e. The normalized spacial score (nSPS) is 15.9. The van der Waals surface area contributed by atoms with Gasteiger partial charge >= 0.3 is 0 Å². The van der Waals surface area contributed by atoms with E-state index in [2.05, 4.69) is 47.4 Å². The van der Waals surface area contributed by atoms with Gasteiger partial charge in [0.25, 0.3) is 0 Å². The van der Waals surface area contributed by atoms with Crippen molar-refractivity contribution in [3.8, 4) is 0 Å². The summed E-state index contributed by atoms with van der Waals surface area (Å²) in [6, 6.07) is 4.02. The third-order valence-corrected chi connectivity index (χ3v) is 4.83. The van der Waals surface area contributed by atoms with Crippen molar-refractivity contribution in [3.63, 3.8) is 0 Å². The number of amides is 1. The SMILES string of the molecule is CCNC(=NCc1cccnc1N1CCC(C(N)=O)CC1)NCCC(C)C. The lowest BCUT2D eigenvalue weighted by molar-refractivity contribution is -0.122. The minimum Gasteiger partial charge on any atom is -0.369 e. The Morgan fingerprint density at radius 1 is 1.37 bits per heavy atom. The molecule has 0 saturated carbocycles. The Hall–Kier alpha value is -2.31. The quantitative estimate of drug-likeness (QED) is 0.477. The Bertz CT molecular complexity index is 623. The molecule has 150 valence electrons. The first-order chi connectivity index (χ1) is 13.0. The molecular formula is C20H34N6O. The molecule has 1 aliphatic heterocycles. The number of nitrogens with two attached hydrogens (primary N) is 1. The summed E-state index contributed by atoms with van der Waals surface area (Å²) in [7, 11) is 0. The molecule has 0 radical (unpaired) electrons. The molecule has 7 heteroatoms. The topological polar surface area (TPSA) is 95.6 Å². The van der Waals surface area contributed by atoms with Gasteiger partial charge < -0.3 is 21.3 Å². The molecule has 1 fully saturated rings. The average Bonchev–Trinajstić information content (AvgIpc) is 2.66. The van der Waals surface area contributed by atoms with Crippen LogP contribution in [0.25, 0.3) is 0 Å². The molecule has 0 unspecified atom stereocenters. The number of carbonyl (C=O) groups excluding carboxylic acids is 1. The highest BCUT2D eigenvalue weighted by atomic mass is 16.1. The fourth-order valence-electron chi connectivity index (χ4n) is 3.20. The van der Waals surface area contributed by atoms with Gasteiger partial charge in [0.15, 0.2) is 5.96 Å². The number of piperidine rings is 1. The Morgan fingerprint density at radius 2 is 2.11 bits per heavy atom. The second-order valence-electron chi connectivity index (χ2n) is 7.45. The van der Waals surface area contributed by atoms with Gasteiger partial charge in [0.2, 0.25) is 5.91 Å². The smallest absolute Gasteiger partial charge is 0.220 e. The van der Waals surface area contributed by atoms with Crippen LogP contribution in [0.1, 0.15) is 45.6 Å². The number of anilines is 1. The molecule has 2 heterocycles. The van der Waals surface area contributed by atoms with Crippen LogP contribution in [-0.2, 0) is 11.3 Å². The third-order valence-electron chi connectivity index (χ3n) is 4.83. The molecule has 2 rings (SSSR count). The Kier molecular flexibility index (Phi) is 8.36. The van der Waals surface area contributed by atoms with Crippen LogP contribution < -0.4 is 21.3 Å². The molecule has 27 heavy (non-hydrogen) atoms. The summed E-state index contributed by atoms with van der Waals surface area (Å²) < 4.78 is 0. The van der Waals surface area contributed by atoms with E-state index in [-0.39, 0.29) is 11.8 Å². The number of aromatic nitrogens is 1. The molecule has 0 bridgehead atoms. The summed E-state index contributed by atoms with van der Waals surface area (Å²) in [6.45, 7) is 10.4. The monoisotopic (exact) mass is 374 g/mol. The first kappa shape index (κ1) is 21.0. The van der Waals surface area contributed by atoms with Gasteiger partial charge in [-0.25, -0.2) is 9.98 Å². The van der Waals surface area contributed by atoms with Gasteiger partial charge in [-0.1, -0.05) is 19.9 Å². The summed E-state index contributed by atoms with van der Waals surface area (Å²) in [4.78, 5) is 22.9. The van der Waals surface area contributed by atoms with Crippen molar-refractivity contribution in [3.05, 3.63) is 23.9 Å². The molecule has 4 N–H and O–H groups in total. The van der Waals surface area contributed by atoms with Gasteiger partial charge in [0, 0.05) is 43.9 Å². The predicted molar refractivity (Wildman–Crippen MR) is 111 cm³/mol. The highest BCUT2D eigenvalue weighted by Gasteiger charge is 2.24. The molecule has 1 aliphatic rings. The molecule has 1 amide bonds. The van der Waals surface area contributed by atoms with Crippen LogP contribution in [0.15, 0.2) is 23.3 Å². The number of carbonyl (C=O) groups is 1. The van der Waals surface area contributed by atoms with Crippen LogP contribution in [0.3, 0.4) is 0 Å². The summed E-state index contributed by atoms with van der Waals surface area (Å²) in [5.74, 6) is 2.25. The lowest BCUT2D eigenvalue weighted by Crippen LogP contribution is -2.39. The molecule has 1 aromatic rings. The molecule has 0 spiro atoms. The molecule has 7 nitrogen and oxygen atoms in total. The second kappa shape index (κ2) is 10.7. The summed E-state index contributed by atoms with van der Waals surface area (Å²) in [5, 5.41) is 6.69. The lowest BCUT2D eigenvalue weighted by Gasteiger charge is -2.32. The number of primary amides is 1. The van der Waals surface area contributed by atoms with Crippen molar-refractivity contribution in [1.82, 2.24) is 15.6 Å². The fraction of sp³-hybridized carbons (Fsp3) is 0.650. The van der Waals surface area contributed by atoms with E-state index in [0.29, 0.717) is 12.5 Å². The van der Waals surface area contributed by atoms with Gasteiger partial charge in [0.05, 0.1) is 6.54 Å². The van der Waals surface area contributed by atoms with Crippen molar-refractivity contribution in [1.29, 1.82) is 0 Å². The highest BCUT2D eigenvalue weighted by molar-refractivity contribution is 5.79. The van der Waals surface area contributed by atoms with E-state index >= 15 is 0 Å². The molecule has 0 atom stereocenters. The van der Waals surface area contributed by atoms with Gasteiger partial charge in [0.1, 0.15) is 5.82 Å². The van der Waals surface area contributed by atoms with Crippen molar-refractivity contribution in [2.45, 2.75) is 46.6 Å². The fourth-order valence-corrected chi connectivity index (χ4v) is 3.20. The van der Waals surface area contributed by atoms with Crippen LogP contribution in [0.4, 0.5) is 5.82 Å². The largest absolute Gasteiger partial charge is 0.369 e. The first-order valence-electron chi connectivity index (χ1n) is 10.0. The summed E-state index contributed by atoms with van der Waals surface area (Å²) >= 11 is 0. The van der Waals surface area contributed by atoms with Crippen LogP contribution in [0.5, 0.6) is 0 Å². The first-order valence-corrected chi connectivity index (χ1v) is 10.0. The predicted octanol–water partition coefficient (Wildman–Crippen LogP) is 1.88. The van der Waals surface area contributed by atoms with Crippen molar-refractivity contribution >= 4 is 17.7 Å². The standard InChI is InChI=1S/C20H34N6O/c1-4-22-20(24-11-7-15(2)3)25-14-17-6-5-10-23-19(17)26-12-8-16(9-13-26)18(21)27/h5-6,10,15-16H,4,7-9,11-14H2,1-3H3,(H2,21,27)(H2,22,24,25). The summed E-state index contributed by atoms with van der Waals surface area (Å²) in [5.41, 5.74) is 6.54. The van der Waals surface area contributed by atoms with Crippen LogP contribution in [-0.4, -0.2) is 43.0 Å². The zero-order valence-corrected chi connectivity index (χ0v) is 16.9. The number of hydrogen-bond acceptors (Lipinski definition) is 4. The van der Waals surface area contributed by atoms with E-state index in [1.807, 2.05) is 12.3 Å². The van der Waals surface area contributed by atoms with Crippen LogP contribution >= 0.6 is 0 Å². The number of hydrogen-bond donors (Lipinski definition) is 3. The number of pyridine rings is 1. The number of nitrogens with zero attached hydrogens (tertiary/aromatic N) is 3. The minimum absolute atomic E-state index is 0.0167. The number of rotatable bonds is 8. The highest BCUT2D eigenvalue weighted by Crippen LogP contribution is 2.24. The molecule has 0 aromatic carbocycles. The third kappa shape index (κ3) is 6.73. The van der Waals surface area contributed by atoms with Crippen molar-refractivity contribution in [2.24, 2.45) is 22.6 Å². The molecular weight excluding hydrogens is 340 g/mol. The molecule has 1 saturated heterocycles. The Labute approximate surface area is 162 Å². The van der Waals surface area contributed by atoms with E-state index in [9.17, 15) is 4.79 Å². The zero-order valence-electron chi connectivity index (χ0n) is 16.9. The van der Waals surface area contributed by atoms with Gasteiger partial charge in [-0.2, -0.15) is 0 Å². The maximum atomic E-state index is 11.4. The molecule has 1 aromatic heterocycles. The average molecular weight is 375 g/mol. The van der Waals surface area contributed by atoms with Crippen molar-refractivity contribution < 1.29 is 4.79 Å². The second-order valence-corrected chi connectivity index (χ2v) is 7.45. The zero-order chi connectivity index (χ0) is 19.6. The van der Waals surface area contributed by atoms with E-state index in [4.69, 9.17) is 10.7 Å². The maximum absolute atomic E-state index is 11.4. The van der Waals surface area contributed by atoms with E-state index in [1.54, 1.807) is 0 Å².